The summed E-state index contributed by atoms with van der Waals surface area (Å²) in [7, 11) is 0. The predicted molar refractivity (Wildman–Crippen MR) is 94.1 cm³/mol. The highest BCUT2D eigenvalue weighted by Crippen LogP contribution is 2.20. The highest BCUT2D eigenvalue weighted by molar-refractivity contribution is 5.91. The fraction of sp³-hybridized carbons (Fsp3) is 0.316. The molecule has 2 rings (SSSR count). The SMILES string of the molecule is CCc1cccc(C)c1NC(=O)NCCCOc1ccccc1. The second kappa shape index (κ2) is 8.83. The molecular weight excluding hydrogens is 288 g/mol. The number of nitrogens with one attached hydrogen (secondary N) is 2. The topological polar surface area (TPSA) is 50.4 Å². The zero-order valence-corrected chi connectivity index (χ0v) is 13.8. The number of benzene rings is 2. The maximum Gasteiger partial charge on any atom is 0.319 e. The molecule has 0 aliphatic rings. The van der Waals surface area contributed by atoms with E-state index in [-0.39, 0.29) is 6.03 Å². The second-order valence-corrected chi connectivity index (χ2v) is 5.36. The van der Waals surface area contributed by atoms with Crippen LogP contribution in [0.25, 0.3) is 0 Å². The molecule has 4 nitrogen and oxygen atoms in total. The van der Waals surface area contributed by atoms with Crippen molar-refractivity contribution < 1.29 is 9.53 Å². The van der Waals surface area contributed by atoms with Crippen LogP contribution in [0.15, 0.2) is 48.5 Å². The van der Waals surface area contributed by atoms with Gasteiger partial charge in [-0.15, -0.1) is 0 Å². The van der Waals surface area contributed by atoms with E-state index >= 15 is 0 Å². The Morgan fingerprint density at radius 3 is 2.61 bits per heavy atom. The molecule has 4 heteroatoms. The standard InChI is InChI=1S/C19H24N2O2/c1-3-16-10-7-9-15(2)18(16)21-19(22)20-13-8-14-23-17-11-5-4-6-12-17/h4-7,9-12H,3,8,13-14H2,1-2H3,(H2,20,21,22). The van der Waals surface area contributed by atoms with Crippen LogP contribution in [0.4, 0.5) is 10.5 Å². The number of amides is 2. The van der Waals surface area contributed by atoms with Crippen LogP contribution in [0.3, 0.4) is 0 Å². The molecule has 2 aromatic carbocycles. The van der Waals surface area contributed by atoms with Crippen LogP contribution in [-0.4, -0.2) is 19.2 Å². The molecule has 0 spiro atoms. The largest absolute Gasteiger partial charge is 0.494 e. The molecule has 0 aliphatic carbocycles. The first-order valence-corrected chi connectivity index (χ1v) is 8.02. The number of urea groups is 1. The minimum absolute atomic E-state index is 0.172. The molecule has 122 valence electrons. The lowest BCUT2D eigenvalue weighted by Gasteiger charge is -2.13. The van der Waals surface area contributed by atoms with Crippen molar-refractivity contribution in [2.75, 3.05) is 18.5 Å². The summed E-state index contributed by atoms with van der Waals surface area (Å²) in [5.41, 5.74) is 3.13. The van der Waals surface area contributed by atoms with Gasteiger partial charge in [0.1, 0.15) is 5.75 Å². The van der Waals surface area contributed by atoms with E-state index in [1.54, 1.807) is 0 Å². The minimum Gasteiger partial charge on any atom is -0.494 e. The number of hydrogen-bond donors (Lipinski definition) is 2. The lowest BCUT2D eigenvalue weighted by atomic mass is 10.1. The van der Waals surface area contributed by atoms with E-state index in [2.05, 4.69) is 17.6 Å². The Morgan fingerprint density at radius 1 is 1.09 bits per heavy atom. The molecule has 0 aliphatic heterocycles. The average Bonchev–Trinajstić information content (AvgIpc) is 2.57. The molecule has 0 unspecified atom stereocenters. The summed E-state index contributed by atoms with van der Waals surface area (Å²) in [6.45, 7) is 5.24. The summed E-state index contributed by atoms with van der Waals surface area (Å²) in [6.07, 6.45) is 1.65. The Hall–Kier alpha value is -2.49. The van der Waals surface area contributed by atoms with E-state index in [0.717, 1.165) is 35.4 Å². The summed E-state index contributed by atoms with van der Waals surface area (Å²) >= 11 is 0. The normalized spacial score (nSPS) is 10.2. The van der Waals surface area contributed by atoms with Gasteiger partial charge in [-0.25, -0.2) is 4.79 Å². The van der Waals surface area contributed by atoms with Crippen LogP contribution in [0.2, 0.25) is 0 Å². The van der Waals surface area contributed by atoms with Crippen LogP contribution in [0.5, 0.6) is 5.75 Å². The van der Waals surface area contributed by atoms with Crippen LogP contribution in [-0.2, 0) is 6.42 Å². The zero-order chi connectivity index (χ0) is 16.5. The molecule has 2 N–H and O–H groups in total. The summed E-state index contributed by atoms with van der Waals surface area (Å²) < 4.78 is 5.59. The Labute approximate surface area is 137 Å². The van der Waals surface area contributed by atoms with Crippen LogP contribution < -0.4 is 15.4 Å². The fourth-order valence-electron chi connectivity index (χ4n) is 2.34. The van der Waals surface area contributed by atoms with Gasteiger partial charge < -0.3 is 15.4 Å². The molecular formula is C19H24N2O2. The molecule has 0 atom stereocenters. The van der Waals surface area contributed by atoms with Gasteiger partial charge in [-0.2, -0.15) is 0 Å². The lowest BCUT2D eigenvalue weighted by Crippen LogP contribution is -2.30. The maximum absolute atomic E-state index is 12.0. The van der Waals surface area contributed by atoms with Crippen LogP contribution in [0.1, 0.15) is 24.5 Å². The van der Waals surface area contributed by atoms with Gasteiger partial charge in [0.15, 0.2) is 0 Å². The number of carbonyl (C=O) groups excluding carboxylic acids is 1. The highest BCUT2D eigenvalue weighted by Gasteiger charge is 2.07. The van der Waals surface area contributed by atoms with Crippen molar-refractivity contribution in [1.29, 1.82) is 0 Å². The van der Waals surface area contributed by atoms with E-state index in [1.165, 1.54) is 0 Å². The number of anilines is 1. The molecule has 0 bridgehead atoms. The molecule has 2 amide bonds. The predicted octanol–water partition coefficient (Wildman–Crippen LogP) is 4.15. The van der Waals surface area contributed by atoms with Gasteiger partial charge in [-0.1, -0.05) is 43.3 Å². The number of ether oxygens (including phenoxy) is 1. The van der Waals surface area contributed by atoms with Gasteiger partial charge in [-0.3, -0.25) is 0 Å². The van der Waals surface area contributed by atoms with Crippen LogP contribution >= 0.6 is 0 Å². The van der Waals surface area contributed by atoms with Crippen molar-refractivity contribution >= 4 is 11.7 Å². The summed E-state index contributed by atoms with van der Waals surface area (Å²) in [6, 6.07) is 15.6. The third-order valence-corrected chi connectivity index (χ3v) is 3.60. The average molecular weight is 312 g/mol. The second-order valence-electron chi connectivity index (χ2n) is 5.36. The van der Waals surface area contributed by atoms with Gasteiger partial charge >= 0.3 is 6.03 Å². The van der Waals surface area contributed by atoms with E-state index in [4.69, 9.17) is 4.74 Å². The number of rotatable bonds is 7. The Bertz CT molecular complexity index is 627. The van der Waals surface area contributed by atoms with E-state index in [9.17, 15) is 4.79 Å². The Morgan fingerprint density at radius 2 is 1.87 bits per heavy atom. The summed E-state index contributed by atoms with van der Waals surface area (Å²) in [5.74, 6) is 0.851. The summed E-state index contributed by atoms with van der Waals surface area (Å²) in [5, 5.41) is 5.81. The smallest absolute Gasteiger partial charge is 0.319 e. The first kappa shape index (κ1) is 16.9. The molecule has 23 heavy (non-hydrogen) atoms. The van der Waals surface area contributed by atoms with Gasteiger partial charge in [0.05, 0.1) is 6.61 Å². The maximum atomic E-state index is 12.0. The van der Waals surface area contributed by atoms with Crippen LogP contribution in [0, 0.1) is 6.92 Å². The van der Waals surface area contributed by atoms with Gasteiger partial charge in [0.2, 0.25) is 0 Å². The molecule has 0 saturated heterocycles. The number of aryl methyl sites for hydroxylation is 2. The van der Waals surface area contributed by atoms with Crippen molar-refractivity contribution in [3.63, 3.8) is 0 Å². The van der Waals surface area contributed by atoms with E-state index < -0.39 is 0 Å². The van der Waals surface area contributed by atoms with E-state index in [1.807, 2.05) is 55.5 Å². The van der Waals surface area contributed by atoms with Gasteiger partial charge in [-0.05, 0) is 43.0 Å². The lowest BCUT2D eigenvalue weighted by molar-refractivity contribution is 0.250. The molecule has 0 fully saturated rings. The third kappa shape index (κ3) is 5.33. The Kier molecular flexibility index (Phi) is 6.48. The summed E-state index contributed by atoms with van der Waals surface area (Å²) in [4.78, 5) is 12.0. The van der Waals surface area contributed by atoms with E-state index in [0.29, 0.717) is 13.2 Å². The molecule has 0 heterocycles. The van der Waals surface area contributed by atoms with Crippen molar-refractivity contribution in [3.05, 3.63) is 59.7 Å². The van der Waals surface area contributed by atoms with Crippen molar-refractivity contribution in [3.8, 4) is 5.75 Å². The van der Waals surface area contributed by atoms with Gasteiger partial charge in [0, 0.05) is 12.2 Å². The monoisotopic (exact) mass is 312 g/mol. The molecule has 2 aromatic rings. The molecule has 0 saturated carbocycles. The Balaban J connectivity index is 1.71. The first-order chi connectivity index (χ1) is 11.2. The molecule has 0 radical (unpaired) electrons. The number of hydrogen-bond acceptors (Lipinski definition) is 2. The first-order valence-electron chi connectivity index (χ1n) is 8.02. The van der Waals surface area contributed by atoms with Crippen molar-refractivity contribution in [2.45, 2.75) is 26.7 Å². The minimum atomic E-state index is -0.172. The number of para-hydroxylation sites is 2. The highest BCUT2D eigenvalue weighted by atomic mass is 16.5. The fourth-order valence-corrected chi connectivity index (χ4v) is 2.34. The van der Waals surface area contributed by atoms with Crippen molar-refractivity contribution in [1.82, 2.24) is 5.32 Å². The molecule has 0 aromatic heterocycles. The number of carbonyl (C=O) groups is 1. The zero-order valence-electron chi connectivity index (χ0n) is 13.8. The quantitative estimate of drug-likeness (QED) is 0.755. The van der Waals surface area contributed by atoms with Crippen molar-refractivity contribution in [2.24, 2.45) is 0 Å². The van der Waals surface area contributed by atoms with Gasteiger partial charge in [0.25, 0.3) is 0 Å². The third-order valence-electron chi connectivity index (χ3n) is 3.60.